The van der Waals surface area contributed by atoms with Crippen molar-refractivity contribution in [2.45, 2.75) is 24.4 Å². The Hall–Kier alpha value is -3.92. The fraction of sp³-hybridized carbons (Fsp3) is 0.172. The zero-order valence-electron chi connectivity index (χ0n) is 20.7. The first-order chi connectivity index (χ1) is 18.6. The van der Waals surface area contributed by atoms with E-state index in [1.54, 1.807) is 0 Å². The van der Waals surface area contributed by atoms with Gasteiger partial charge in [-0.25, -0.2) is 22.0 Å². The molecule has 10 heteroatoms. The van der Waals surface area contributed by atoms with Crippen molar-refractivity contribution in [3.8, 4) is 16.9 Å². The summed E-state index contributed by atoms with van der Waals surface area (Å²) in [5.74, 6) is -5.29. The van der Waals surface area contributed by atoms with Crippen LogP contribution in [0.4, 0.5) is 22.0 Å². The molecule has 5 rings (SSSR count). The number of fused-ring (bicyclic) bond motifs is 1. The van der Waals surface area contributed by atoms with Gasteiger partial charge in [0.05, 0.1) is 23.3 Å². The summed E-state index contributed by atoms with van der Waals surface area (Å²) in [6.45, 7) is 1.53. The first kappa shape index (κ1) is 26.7. The summed E-state index contributed by atoms with van der Waals surface area (Å²) in [4.78, 5) is 27.4. The lowest BCUT2D eigenvalue weighted by Gasteiger charge is -2.21. The van der Waals surface area contributed by atoms with Crippen LogP contribution < -0.4 is 10.3 Å². The number of hydrogen-bond acceptors (Lipinski definition) is 4. The predicted octanol–water partition coefficient (Wildman–Crippen LogP) is 6.65. The van der Waals surface area contributed by atoms with Gasteiger partial charge in [0.2, 0.25) is 0 Å². The summed E-state index contributed by atoms with van der Waals surface area (Å²) in [5, 5.41) is 0.238. The number of carbonyl (C=O) groups is 1. The van der Waals surface area contributed by atoms with Gasteiger partial charge in [-0.2, -0.15) is 0 Å². The van der Waals surface area contributed by atoms with Crippen LogP contribution in [0.5, 0.6) is 5.75 Å². The van der Waals surface area contributed by atoms with Crippen LogP contribution in [0.2, 0.25) is 0 Å². The molecule has 3 aromatic carbocycles. The Morgan fingerprint density at radius 2 is 1.67 bits per heavy atom. The highest BCUT2D eigenvalue weighted by Gasteiger charge is 2.36. The average molecular weight is 558 g/mol. The molecule has 0 spiro atoms. The first-order valence-electron chi connectivity index (χ1n) is 11.8. The van der Waals surface area contributed by atoms with Gasteiger partial charge < -0.3 is 4.74 Å². The highest BCUT2D eigenvalue weighted by molar-refractivity contribution is 7.99. The van der Waals surface area contributed by atoms with E-state index in [0.29, 0.717) is 5.56 Å². The van der Waals surface area contributed by atoms with Crippen molar-refractivity contribution in [2.75, 3.05) is 12.9 Å². The molecule has 1 aromatic heterocycles. The van der Waals surface area contributed by atoms with Crippen LogP contribution in [0.3, 0.4) is 0 Å². The van der Waals surface area contributed by atoms with Gasteiger partial charge in [0.1, 0.15) is 29.3 Å². The van der Waals surface area contributed by atoms with Crippen molar-refractivity contribution in [3.63, 3.8) is 0 Å². The molecule has 1 aliphatic rings. The lowest BCUT2D eigenvalue weighted by molar-refractivity contribution is 0.0930. The van der Waals surface area contributed by atoms with E-state index in [1.807, 2.05) is 0 Å². The van der Waals surface area contributed by atoms with Crippen molar-refractivity contribution >= 4 is 17.5 Å². The molecule has 2 heterocycles. The number of Topliss-reactive ketones (excluding diaryl/α,β-unsaturated/α-hetero) is 1. The zero-order chi connectivity index (χ0) is 28.0. The Bertz CT molecular complexity index is 1680. The zero-order valence-corrected chi connectivity index (χ0v) is 21.5. The lowest BCUT2D eigenvalue weighted by atomic mass is 9.93. The van der Waals surface area contributed by atoms with Gasteiger partial charge >= 0.3 is 0 Å². The van der Waals surface area contributed by atoms with E-state index >= 15 is 4.39 Å². The minimum absolute atomic E-state index is 0.0275. The van der Waals surface area contributed by atoms with Crippen LogP contribution in [0, 0.1) is 36.0 Å². The van der Waals surface area contributed by atoms with E-state index in [0.717, 1.165) is 46.7 Å². The third-order valence-corrected chi connectivity index (χ3v) is 7.99. The van der Waals surface area contributed by atoms with Crippen LogP contribution in [-0.2, 0) is 6.42 Å². The standard InChI is InChI=1S/C29H20F5NO3S/c1-14-17(12-18-20(31)6-4-7-21(18)32)29-35(28(37)25(14)16-5-3-8-24(38-2)26(16)34)23(13-39-29)27(36)19-11-15(30)9-10-22(19)33/h3-11,23H,12-13H2,1-2H3. The molecule has 0 saturated heterocycles. The molecule has 1 atom stereocenters. The Morgan fingerprint density at radius 1 is 0.974 bits per heavy atom. The Morgan fingerprint density at radius 3 is 2.36 bits per heavy atom. The SMILES string of the molecule is COc1cccc(-c2c(C)c(Cc3c(F)cccc3F)c3n(c2=O)C(C(=O)c2cc(F)ccc2F)CS3)c1F. The van der Waals surface area contributed by atoms with Crippen molar-refractivity contribution in [3.05, 3.63) is 116 Å². The molecular formula is C29H20F5NO3S. The van der Waals surface area contributed by atoms with Crippen molar-refractivity contribution < 1.29 is 31.5 Å². The van der Waals surface area contributed by atoms with E-state index in [-0.39, 0.29) is 45.2 Å². The quantitative estimate of drug-likeness (QED) is 0.197. The number of benzene rings is 3. The monoisotopic (exact) mass is 557 g/mol. The number of rotatable bonds is 6. The third kappa shape index (κ3) is 4.52. The van der Waals surface area contributed by atoms with Crippen LogP contribution in [0.15, 0.2) is 64.4 Å². The Kier molecular flexibility index (Phi) is 7.07. The predicted molar refractivity (Wildman–Crippen MR) is 137 cm³/mol. The topological polar surface area (TPSA) is 48.3 Å². The summed E-state index contributed by atoms with van der Waals surface area (Å²) in [7, 11) is 1.26. The fourth-order valence-corrected chi connectivity index (χ4v) is 6.19. The molecule has 0 radical (unpaired) electrons. The van der Waals surface area contributed by atoms with E-state index < -0.39 is 52.0 Å². The largest absolute Gasteiger partial charge is 0.494 e. The fourth-order valence-electron chi connectivity index (χ4n) is 4.83. The maximum Gasteiger partial charge on any atom is 0.260 e. The Labute approximate surface area is 224 Å². The maximum atomic E-state index is 15.4. The second-order valence-corrected chi connectivity index (χ2v) is 9.98. The summed E-state index contributed by atoms with van der Waals surface area (Å²) in [5.41, 5.74) is -1.28. The smallest absolute Gasteiger partial charge is 0.260 e. The maximum absolute atomic E-state index is 15.4. The Balaban J connectivity index is 1.79. The van der Waals surface area contributed by atoms with Crippen LogP contribution in [-0.4, -0.2) is 23.2 Å². The summed E-state index contributed by atoms with van der Waals surface area (Å²) in [6.07, 6.45) is -0.305. The summed E-state index contributed by atoms with van der Waals surface area (Å²) < 4.78 is 79.3. The molecule has 200 valence electrons. The number of thioether (sulfide) groups is 1. The van der Waals surface area contributed by atoms with Gasteiger partial charge in [0, 0.05) is 23.3 Å². The van der Waals surface area contributed by atoms with Gasteiger partial charge in [-0.3, -0.25) is 14.2 Å². The molecule has 0 saturated carbocycles. The molecule has 0 N–H and O–H groups in total. The van der Waals surface area contributed by atoms with Crippen molar-refractivity contribution in [1.82, 2.24) is 4.57 Å². The van der Waals surface area contributed by atoms with E-state index in [2.05, 4.69) is 0 Å². The normalized spacial score (nSPS) is 14.4. The molecule has 0 amide bonds. The lowest BCUT2D eigenvalue weighted by Crippen LogP contribution is -2.32. The van der Waals surface area contributed by atoms with E-state index in [1.165, 1.54) is 38.3 Å². The van der Waals surface area contributed by atoms with Gasteiger partial charge in [-0.05, 0) is 54.4 Å². The van der Waals surface area contributed by atoms with Gasteiger partial charge in [0.25, 0.3) is 5.56 Å². The van der Waals surface area contributed by atoms with Crippen molar-refractivity contribution in [2.24, 2.45) is 0 Å². The molecular weight excluding hydrogens is 537 g/mol. The molecule has 0 fully saturated rings. The number of ether oxygens (including phenoxy) is 1. The molecule has 4 nitrogen and oxygen atoms in total. The number of methoxy groups -OCH3 is 1. The second-order valence-electron chi connectivity index (χ2n) is 8.97. The minimum Gasteiger partial charge on any atom is -0.494 e. The van der Waals surface area contributed by atoms with Gasteiger partial charge in [-0.1, -0.05) is 18.2 Å². The van der Waals surface area contributed by atoms with E-state index in [4.69, 9.17) is 4.74 Å². The average Bonchev–Trinajstić information content (AvgIpc) is 3.35. The highest BCUT2D eigenvalue weighted by atomic mass is 32.2. The van der Waals surface area contributed by atoms with E-state index in [9.17, 15) is 27.2 Å². The number of hydrogen-bond donors (Lipinski definition) is 0. The molecule has 0 bridgehead atoms. The van der Waals surface area contributed by atoms with Crippen LogP contribution in [0.25, 0.3) is 11.1 Å². The van der Waals surface area contributed by atoms with Gasteiger partial charge in [-0.15, -0.1) is 11.8 Å². The number of carbonyl (C=O) groups excluding carboxylic acids is 1. The second kappa shape index (κ2) is 10.3. The molecule has 39 heavy (non-hydrogen) atoms. The summed E-state index contributed by atoms with van der Waals surface area (Å²) >= 11 is 1.07. The highest BCUT2D eigenvalue weighted by Crippen LogP contribution is 2.42. The molecule has 1 unspecified atom stereocenters. The number of pyridine rings is 1. The third-order valence-electron chi connectivity index (χ3n) is 6.79. The number of halogens is 5. The van der Waals surface area contributed by atoms with Crippen LogP contribution in [0.1, 0.15) is 33.1 Å². The number of aromatic nitrogens is 1. The van der Waals surface area contributed by atoms with Crippen molar-refractivity contribution in [1.29, 1.82) is 0 Å². The molecule has 1 aliphatic heterocycles. The minimum atomic E-state index is -1.27. The van der Waals surface area contributed by atoms with Gasteiger partial charge in [0.15, 0.2) is 17.3 Å². The molecule has 0 aliphatic carbocycles. The number of ketones is 1. The summed E-state index contributed by atoms with van der Waals surface area (Å²) in [6, 6.07) is 8.76. The number of nitrogens with zero attached hydrogens (tertiary/aromatic N) is 1. The first-order valence-corrected chi connectivity index (χ1v) is 12.8. The van der Waals surface area contributed by atoms with Crippen LogP contribution >= 0.6 is 11.8 Å². The molecule has 4 aromatic rings.